The number of hydrogen-bond donors (Lipinski definition) is 4. The Bertz CT molecular complexity index is 607. The highest BCUT2D eigenvalue weighted by atomic mass is 16.3. The highest BCUT2D eigenvalue weighted by Gasteiger charge is 2.19. The predicted molar refractivity (Wildman–Crippen MR) is 110 cm³/mol. The summed E-state index contributed by atoms with van der Waals surface area (Å²) in [4.78, 5) is 16.8. The van der Waals surface area contributed by atoms with E-state index >= 15 is 0 Å². The predicted octanol–water partition coefficient (Wildman–Crippen LogP) is 2.57. The number of carbonyl (C=O) groups excluding carboxylic acids is 1. The molecular weight excluding hydrogens is 340 g/mol. The van der Waals surface area contributed by atoms with E-state index in [0.29, 0.717) is 18.2 Å². The van der Waals surface area contributed by atoms with Crippen LogP contribution < -0.4 is 16.0 Å². The van der Waals surface area contributed by atoms with Gasteiger partial charge in [0.1, 0.15) is 0 Å². The second-order valence-corrected chi connectivity index (χ2v) is 7.32. The number of hydrogen-bond acceptors (Lipinski definition) is 3. The third-order valence-electron chi connectivity index (χ3n) is 5.01. The number of nitrogens with zero attached hydrogens (tertiary/aromatic N) is 1. The molecule has 1 atom stereocenters. The molecular formula is C21H34N4O2. The Kier molecular flexibility index (Phi) is 8.58. The van der Waals surface area contributed by atoms with Crippen molar-refractivity contribution in [2.45, 2.75) is 77.6 Å². The molecule has 1 aromatic carbocycles. The van der Waals surface area contributed by atoms with E-state index in [1.54, 1.807) is 0 Å². The summed E-state index contributed by atoms with van der Waals surface area (Å²) in [5.41, 5.74) is 1.74. The van der Waals surface area contributed by atoms with E-state index in [1.807, 2.05) is 38.1 Å². The fourth-order valence-corrected chi connectivity index (χ4v) is 3.07. The van der Waals surface area contributed by atoms with E-state index in [0.717, 1.165) is 50.2 Å². The van der Waals surface area contributed by atoms with Crippen LogP contribution in [0.15, 0.2) is 29.3 Å². The second kappa shape index (κ2) is 10.9. The Morgan fingerprint density at radius 3 is 2.44 bits per heavy atom. The van der Waals surface area contributed by atoms with Gasteiger partial charge in [0.25, 0.3) is 5.91 Å². The Hall–Kier alpha value is -2.08. The lowest BCUT2D eigenvalue weighted by atomic mass is 9.93. The lowest BCUT2D eigenvalue weighted by Gasteiger charge is -2.27. The van der Waals surface area contributed by atoms with Crippen molar-refractivity contribution in [3.63, 3.8) is 0 Å². The van der Waals surface area contributed by atoms with E-state index < -0.39 is 0 Å². The van der Waals surface area contributed by atoms with E-state index in [2.05, 4.69) is 27.9 Å². The van der Waals surface area contributed by atoms with E-state index in [-0.39, 0.29) is 18.1 Å². The zero-order valence-corrected chi connectivity index (χ0v) is 16.8. The molecule has 0 bridgehead atoms. The number of aliphatic hydroxyl groups excluding tert-OH is 1. The van der Waals surface area contributed by atoms with Gasteiger partial charge >= 0.3 is 0 Å². The third kappa shape index (κ3) is 7.21. The Labute approximate surface area is 162 Å². The number of amides is 1. The quantitative estimate of drug-likeness (QED) is 0.436. The first-order valence-electron chi connectivity index (χ1n) is 10.1. The summed E-state index contributed by atoms with van der Waals surface area (Å²) in [6.45, 7) is 7.46. The molecule has 1 fully saturated rings. The average molecular weight is 375 g/mol. The Morgan fingerprint density at radius 2 is 1.85 bits per heavy atom. The van der Waals surface area contributed by atoms with E-state index in [9.17, 15) is 9.90 Å². The molecule has 1 unspecified atom stereocenters. The molecule has 27 heavy (non-hydrogen) atoms. The number of aliphatic imine (C=N–C) groups is 1. The Balaban J connectivity index is 1.91. The van der Waals surface area contributed by atoms with Crippen LogP contribution in [-0.4, -0.2) is 41.7 Å². The first-order chi connectivity index (χ1) is 13.0. The summed E-state index contributed by atoms with van der Waals surface area (Å²) < 4.78 is 0. The zero-order chi connectivity index (χ0) is 19.6. The number of benzene rings is 1. The molecule has 1 aromatic rings. The molecule has 1 aliphatic carbocycles. The molecule has 4 N–H and O–H groups in total. The third-order valence-corrected chi connectivity index (χ3v) is 5.01. The molecule has 6 heteroatoms. The largest absolute Gasteiger partial charge is 0.393 e. The summed E-state index contributed by atoms with van der Waals surface area (Å²) in [5.74, 6) is 0.770. The van der Waals surface area contributed by atoms with Crippen LogP contribution in [0.1, 0.15) is 68.8 Å². The van der Waals surface area contributed by atoms with Gasteiger partial charge in [0.05, 0.1) is 12.6 Å². The van der Waals surface area contributed by atoms with Gasteiger partial charge in [0.2, 0.25) is 0 Å². The van der Waals surface area contributed by atoms with Crippen molar-refractivity contribution in [1.29, 1.82) is 0 Å². The first-order valence-corrected chi connectivity index (χ1v) is 10.1. The van der Waals surface area contributed by atoms with E-state index in [4.69, 9.17) is 0 Å². The van der Waals surface area contributed by atoms with Gasteiger partial charge in [-0.1, -0.05) is 19.1 Å². The van der Waals surface area contributed by atoms with Crippen LogP contribution in [0, 0.1) is 0 Å². The molecule has 0 heterocycles. The van der Waals surface area contributed by atoms with Crippen molar-refractivity contribution >= 4 is 11.9 Å². The number of carbonyl (C=O) groups is 1. The van der Waals surface area contributed by atoms with Crippen LogP contribution in [0.5, 0.6) is 0 Å². The van der Waals surface area contributed by atoms with Crippen LogP contribution in [-0.2, 0) is 6.54 Å². The minimum atomic E-state index is -0.154. The molecule has 2 rings (SSSR count). The summed E-state index contributed by atoms with van der Waals surface area (Å²) in [6, 6.07) is 8.15. The van der Waals surface area contributed by atoms with Crippen molar-refractivity contribution in [1.82, 2.24) is 16.0 Å². The van der Waals surface area contributed by atoms with Gasteiger partial charge in [-0.25, -0.2) is 4.99 Å². The van der Waals surface area contributed by atoms with Crippen molar-refractivity contribution in [2.24, 2.45) is 4.99 Å². The lowest BCUT2D eigenvalue weighted by molar-refractivity contribution is 0.0939. The van der Waals surface area contributed by atoms with Crippen LogP contribution >= 0.6 is 0 Å². The molecule has 0 aliphatic heterocycles. The standard InChI is InChI=1S/C21H34N4O2/c1-4-15(3)24-20(27)17-8-6-16(7-9-17)14-23-21(22-5-2)25-18-10-12-19(26)13-11-18/h6-9,15,18-19,26H,4-5,10-14H2,1-3H3,(H,24,27)(H2,22,23,25). The molecule has 150 valence electrons. The topological polar surface area (TPSA) is 85.8 Å². The summed E-state index contributed by atoms with van der Waals surface area (Å²) in [7, 11) is 0. The normalized spacial score (nSPS) is 21.4. The Morgan fingerprint density at radius 1 is 1.19 bits per heavy atom. The lowest BCUT2D eigenvalue weighted by Crippen LogP contribution is -2.45. The molecule has 0 spiro atoms. The fraction of sp³-hybridized carbons (Fsp3) is 0.619. The van der Waals surface area contributed by atoms with Gasteiger partial charge in [0, 0.05) is 24.2 Å². The molecule has 1 amide bonds. The minimum absolute atomic E-state index is 0.0334. The summed E-state index contributed by atoms with van der Waals surface area (Å²) >= 11 is 0. The van der Waals surface area contributed by atoms with E-state index in [1.165, 1.54) is 0 Å². The van der Waals surface area contributed by atoms with Crippen molar-refractivity contribution < 1.29 is 9.90 Å². The number of guanidine groups is 1. The monoisotopic (exact) mass is 374 g/mol. The minimum Gasteiger partial charge on any atom is -0.393 e. The second-order valence-electron chi connectivity index (χ2n) is 7.32. The summed E-state index contributed by atoms with van der Waals surface area (Å²) in [5, 5.41) is 19.4. The van der Waals surface area contributed by atoms with Crippen LogP contribution in [0.2, 0.25) is 0 Å². The molecule has 6 nitrogen and oxygen atoms in total. The van der Waals surface area contributed by atoms with Crippen LogP contribution in [0.3, 0.4) is 0 Å². The van der Waals surface area contributed by atoms with Gasteiger partial charge in [-0.15, -0.1) is 0 Å². The van der Waals surface area contributed by atoms with Crippen LogP contribution in [0.25, 0.3) is 0 Å². The van der Waals surface area contributed by atoms with Crippen LogP contribution in [0.4, 0.5) is 0 Å². The average Bonchev–Trinajstić information content (AvgIpc) is 2.68. The highest BCUT2D eigenvalue weighted by Crippen LogP contribution is 2.18. The number of aliphatic hydroxyl groups is 1. The first kappa shape index (κ1) is 21.2. The number of nitrogens with one attached hydrogen (secondary N) is 3. The summed E-state index contributed by atoms with van der Waals surface area (Å²) in [6.07, 6.45) is 4.38. The highest BCUT2D eigenvalue weighted by molar-refractivity contribution is 5.94. The van der Waals surface area contributed by atoms with Gasteiger partial charge in [-0.2, -0.15) is 0 Å². The molecule has 1 aliphatic rings. The van der Waals surface area contributed by atoms with Gasteiger partial charge < -0.3 is 21.1 Å². The maximum Gasteiger partial charge on any atom is 0.251 e. The molecule has 0 aromatic heterocycles. The molecule has 0 radical (unpaired) electrons. The van der Waals surface area contributed by atoms with Gasteiger partial charge in [-0.05, 0) is 63.6 Å². The number of rotatable bonds is 7. The van der Waals surface area contributed by atoms with Gasteiger partial charge in [0.15, 0.2) is 5.96 Å². The molecule has 0 saturated heterocycles. The molecule has 1 saturated carbocycles. The van der Waals surface area contributed by atoms with Crippen molar-refractivity contribution in [2.75, 3.05) is 6.54 Å². The van der Waals surface area contributed by atoms with Crippen molar-refractivity contribution in [3.05, 3.63) is 35.4 Å². The smallest absolute Gasteiger partial charge is 0.251 e. The maximum atomic E-state index is 12.1. The maximum absolute atomic E-state index is 12.1. The fourth-order valence-electron chi connectivity index (χ4n) is 3.07. The zero-order valence-electron chi connectivity index (χ0n) is 16.8. The van der Waals surface area contributed by atoms with Crippen molar-refractivity contribution in [3.8, 4) is 0 Å². The van der Waals surface area contributed by atoms with Gasteiger partial charge in [-0.3, -0.25) is 4.79 Å². The SMILES string of the molecule is CCNC(=NCc1ccc(C(=O)NC(C)CC)cc1)NC1CCC(O)CC1.